The molecule has 2 fully saturated rings. The van der Waals surface area contributed by atoms with E-state index in [1.165, 1.54) is 23.3 Å². The molecule has 0 bridgehead atoms. The highest BCUT2D eigenvalue weighted by Crippen LogP contribution is 2.38. The van der Waals surface area contributed by atoms with Crippen molar-refractivity contribution in [1.29, 1.82) is 0 Å². The average molecular weight is 383 g/mol. The normalized spacial score (nSPS) is 29.2. The lowest BCUT2D eigenvalue weighted by Gasteiger charge is -2.35. The topological polar surface area (TPSA) is 41.9 Å². The van der Waals surface area contributed by atoms with E-state index < -0.39 is 6.10 Å². The van der Waals surface area contributed by atoms with E-state index in [9.17, 15) is 9.50 Å². The fraction of sp³-hybridized carbons (Fsp3) is 0.478. The first kappa shape index (κ1) is 18.0. The van der Waals surface area contributed by atoms with Crippen molar-refractivity contribution in [2.75, 3.05) is 19.7 Å². The second-order valence-corrected chi connectivity index (χ2v) is 8.40. The molecule has 1 saturated heterocycles. The molecular weight excluding hydrogens is 357 g/mol. The smallest absolute Gasteiger partial charge is 0.125 e. The summed E-state index contributed by atoms with van der Waals surface area (Å²) in [5.74, 6) is 2.43. The predicted molar refractivity (Wildman–Crippen MR) is 104 cm³/mol. The summed E-state index contributed by atoms with van der Waals surface area (Å²) in [7, 11) is 0. The van der Waals surface area contributed by atoms with Crippen LogP contribution in [-0.4, -0.2) is 41.9 Å². The SMILES string of the molecule is O[C@@H]1C[C@H]2CN(Cc3ccc4c(c3)CCO4)C[C@H]2C[C@H]1Oc1ccc(F)cc1. The fourth-order valence-corrected chi connectivity index (χ4v) is 5.03. The third-order valence-corrected chi connectivity index (χ3v) is 6.42. The Hall–Kier alpha value is -2.11. The van der Waals surface area contributed by atoms with Crippen LogP contribution in [0.3, 0.4) is 0 Å². The highest BCUT2D eigenvalue weighted by atomic mass is 19.1. The molecule has 0 spiro atoms. The van der Waals surface area contributed by atoms with Gasteiger partial charge >= 0.3 is 0 Å². The zero-order chi connectivity index (χ0) is 19.1. The maximum atomic E-state index is 13.1. The van der Waals surface area contributed by atoms with Gasteiger partial charge in [0.25, 0.3) is 0 Å². The molecule has 0 unspecified atom stereocenters. The van der Waals surface area contributed by atoms with E-state index in [0.29, 0.717) is 17.6 Å². The molecule has 1 aliphatic carbocycles. The zero-order valence-corrected chi connectivity index (χ0v) is 15.9. The largest absolute Gasteiger partial charge is 0.493 e. The number of likely N-dealkylation sites (tertiary alicyclic amines) is 1. The van der Waals surface area contributed by atoms with Crippen LogP contribution >= 0.6 is 0 Å². The van der Waals surface area contributed by atoms with Gasteiger partial charge in [-0.25, -0.2) is 4.39 Å². The Labute approximate surface area is 164 Å². The quantitative estimate of drug-likeness (QED) is 0.879. The summed E-state index contributed by atoms with van der Waals surface area (Å²) in [4.78, 5) is 2.50. The van der Waals surface area contributed by atoms with Gasteiger partial charge in [-0.15, -0.1) is 0 Å². The Bertz CT molecular complexity index is 840. The number of halogens is 1. The number of fused-ring (bicyclic) bond motifs is 2. The molecular formula is C23H26FNO3. The molecule has 1 saturated carbocycles. The Morgan fingerprint density at radius 3 is 2.68 bits per heavy atom. The van der Waals surface area contributed by atoms with E-state index in [1.54, 1.807) is 12.1 Å². The average Bonchev–Trinajstić information content (AvgIpc) is 3.29. The van der Waals surface area contributed by atoms with Crippen LogP contribution in [0.25, 0.3) is 0 Å². The van der Waals surface area contributed by atoms with Gasteiger partial charge in [0.2, 0.25) is 0 Å². The molecule has 4 nitrogen and oxygen atoms in total. The number of hydrogen-bond acceptors (Lipinski definition) is 4. The molecule has 148 valence electrons. The molecule has 4 atom stereocenters. The zero-order valence-electron chi connectivity index (χ0n) is 15.9. The summed E-state index contributed by atoms with van der Waals surface area (Å²) in [6, 6.07) is 12.6. The highest BCUT2D eigenvalue weighted by Gasteiger charge is 2.42. The van der Waals surface area contributed by atoms with Gasteiger partial charge < -0.3 is 14.6 Å². The third-order valence-electron chi connectivity index (χ3n) is 6.42. The van der Waals surface area contributed by atoms with Crippen LogP contribution < -0.4 is 9.47 Å². The van der Waals surface area contributed by atoms with Gasteiger partial charge in [-0.1, -0.05) is 12.1 Å². The van der Waals surface area contributed by atoms with Gasteiger partial charge in [0.15, 0.2) is 0 Å². The van der Waals surface area contributed by atoms with Gasteiger partial charge in [-0.05, 0) is 66.1 Å². The van der Waals surface area contributed by atoms with E-state index in [-0.39, 0.29) is 11.9 Å². The van der Waals surface area contributed by atoms with E-state index in [1.807, 2.05) is 0 Å². The predicted octanol–water partition coefficient (Wildman–Crippen LogP) is 3.41. The number of benzene rings is 2. The lowest BCUT2D eigenvalue weighted by Crippen LogP contribution is -2.42. The summed E-state index contributed by atoms with van der Waals surface area (Å²) in [6.07, 6.45) is 1.93. The first-order valence-electron chi connectivity index (χ1n) is 10.2. The first-order valence-corrected chi connectivity index (χ1v) is 10.2. The lowest BCUT2D eigenvalue weighted by atomic mass is 9.78. The number of nitrogens with zero attached hydrogens (tertiary/aromatic N) is 1. The van der Waals surface area contributed by atoms with E-state index in [4.69, 9.17) is 9.47 Å². The lowest BCUT2D eigenvalue weighted by molar-refractivity contribution is -0.0231. The van der Waals surface area contributed by atoms with Crippen molar-refractivity contribution in [3.63, 3.8) is 0 Å². The van der Waals surface area contributed by atoms with Crippen LogP contribution in [-0.2, 0) is 13.0 Å². The van der Waals surface area contributed by atoms with Crippen molar-refractivity contribution in [3.8, 4) is 11.5 Å². The Morgan fingerprint density at radius 1 is 1.07 bits per heavy atom. The fourth-order valence-electron chi connectivity index (χ4n) is 5.03. The molecule has 2 aromatic carbocycles. The van der Waals surface area contributed by atoms with Crippen molar-refractivity contribution >= 4 is 0 Å². The van der Waals surface area contributed by atoms with Gasteiger partial charge in [0, 0.05) is 26.1 Å². The van der Waals surface area contributed by atoms with Crippen molar-refractivity contribution < 1.29 is 19.0 Å². The highest BCUT2D eigenvalue weighted by molar-refractivity contribution is 5.39. The second-order valence-electron chi connectivity index (χ2n) is 8.40. The summed E-state index contributed by atoms with van der Waals surface area (Å²) >= 11 is 0. The Kier molecular flexibility index (Phi) is 4.73. The van der Waals surface area contributed by atoms with Crippen LogP contribution in [0.2, 0.25) is 0 Å². The Morgan fingerprint density at radius 2 is 1.86 bits per heavy atom. The van der Waals surface area contributed by atoms with Crippen LogP contribution in [0.15, 0.2) is 42.5 Å². The molecule has 5 rings (SSSR count). The number of aliphatic hydroxyl groups excluding tert-OH is 1. The van der Waals surface area contributed by atoms with Crippen LogP contribution in [0, 0.1) is 17.7 Å². The van der Waals surface area contributed by atoms with E-state index in [0.717, 1.165) is 51.3 Å². The number of aliphatic hydroxyl groups is 1. The number of rotatable bonds is 4. The van der Waals surface area contributed by atoms with Crippen LogP contribution in [0.5, 0.6) is 11.5 Å². The maximum Gasteiger partial charge on any atom is 0.125 e. The number of hydrogen-bond donors (Lipinski definition) is 1. The minimum absolute atomic E-state index is 0.219. The molecule has 2 heterocycles. The summed E-state index contributed by atoms with van der Waals surface area (Å²) in [6.45, 7) is 3.80. The molecule has 2 aromatic rings. The van der Waals surface area contributed by atoms with Crippen molar-refractivity contribution in [2.45, 2.75) is 38.0 Å². The molecule has 1 N–H and O–H groups in total. The minimum atomic E-state index is -0.469. The van der Waals surface area contributed by atoms with Gasteiger partial charge in [0.05, 0.1) is 12.7 Å². The summed E-state index contributed by atoms with van der Waals surface area (Å²) in [5.41, 5.74) is 2.65. The molecule has 3 aliphatic rings. The van der Waals surface area contributed by atoms with Crippen molar-refractivity contribution in [1.82, 2.24) is 4.90 Å². The van der Waals surface area contributed by atoms with Crippen molar-refractivity contribution in [2.24, 2.45) is 11.8 Å². The van der Waals surface area contributed by atoms with Crippen molar-refractivity contribution in [3.05, 3.63) is 59.4 Å². The molecule has 2 aliphatic heterocycles. The summed E-state index contributed by atoms with van der Waals surface area (Å²) in [5, 5.41) is 10.6. The monoisotopic (exact) mass is 383 g/mol. The van der Waals surface area contributed by atoms with Gasteiger partial charge in [0.1, 0.15) is 23.4 Å². The van der Waals surface area contributed by atoms with Crippen LogP contribution in [0.4, 0.5) is 4.39 Å². The summed E-state index contributed by atoms with van der Waals surface area (Å²) < 4.78 is 24.7. The molecule has 28 heavy (non-hydrogen) atoms. The minimum Gasteiger partial charge on any atom is -0.493 e. The van der Waals surface area contributed by atoms with Crippen LogP contribution in [0.1, 0.15) is 24.0 Å². The second kappa shape index (κ2) is 7.37. The van der Waals surface area contributed by atoms with E-state index in [2.05, 4.69) is 23.1 Å². The van der Waals surface area contributed by atoms with E-state index >= 15 is 0 Å². The third kappa shape index (κ3) is 3.61. The Balaban J connectivity index is 1.21. The van der Waals surface area contributed by atoms with Gasteiger partial charge in [-0.2, -0.15) is 0 Å². The molecule has 5 heteroatoms. The maximum absolute atomic E-state index is 13.1. The van der Waals surface area contributed by atoms with Gasteiger partial charge in [-0.3, -0.25) is 4.90 Å². The molecule has 0 aromatic heterocycles. The molecule has 0 amide bonds. The number of ether oxygens (including phenoxy) is 2. The molecule has 0 radical (unpaired) electrons. The first-order chi connectivity index (χ1) is 13.6. The standard InChI is InChI=1S/C23H26FNO3/c24-19-2-4-20(5-3-19)28-23-11-18-14-25(13-17(18)10-21(23)26)12-15-1-6-22-16(9-15)7-8-27-22/h1-6,9,17-18,21,23,26H,7-8,10-14H2/t17-,18+,21+,23+/m0/s1.